The molecule has 1 aliphatic rings. The summed E-state index contributed by atoms with van der Waals surface area (Å²) in [5.74, 6) is 0.578. The first-order chi connectivity index (χ1) is 7.45. The van der Waals surface area contributed by atoms with E-state index in [1.807, 2.05) is 6.07 Å². The van der Waals surface area contributed by atoms with Crippen molar-refractivity contribution in [2.45, 2.75) is 19.4 Å². The van der Waals surface area contributed by atoms with Gasteiger partial charge in [-0.25, -0.2) is 0 Å². The molecule has 16 heavy (non-hydrogen) atoms. The van der Waals surface area contributed by atoms with Crippen LogP contribution in [0, 0.1) is 11.3 Å². The van der Waals surface area contributed by atoms with Crippen molar-refractivity contribution in [3.63, 3.8) is 0 Å². The molecule has 0 saturated heterocycles. The van der Waals surface area contributed by atoms with Gasteiger partial charge >= 0.3 is 0 Å². The molecule has 4 nitrogen and oxygen atoms in total. The summed E-state index contributed by atoms with van der Waals surface area (Å²) in [5, 5.41) is 18.6. The molecule has 0 aromatic heterocycles. The molecular weight excluding hydrogens is 204 g/mol. The number of rotatable bonds is 0. The molecule has 0 radical (unpaired) electrons. The highest BCUT2D eigenvalue weighted by Crippen LogP contribution is 2.37. The third-order valence-corrected chi connectivity index (χ3v) is 2.59. The fraction of sp³-hybridized carbons (Fsp3) is 0.250. The van der Waals surface area contributed by atoms with E-state index in [1.54, 1.807) is 32.0 Å². The number of aliphatic hydroxyl groups is 1. The lowest BCUT2D eigenvalue weighted by Crippen LogP contribution is -2.36. The fourth-order valence-corrected chi connectivity index (χ4v) is 1.67. The number of nitrogens with two attached hydrogens (primary N) is 1. The number of aliphatic hydroxyl groups excluding tert-OH is 1. The summed E-state index contributed by atoms with van der Waals surface area (Å²) in [7, 11) is 0. The fourth-order valence-electron chi connectivity index (χ4n) is 1.67. The SMILES string of the molecule is CC1(C)Oc2ccc(C#N)cc2C(N)=C1O. The number of benzene rings is 1. The lowest BCUT2D eigenvalue weighted by molar-refractivity contribution is 0.0917. The normalized spacial score (nSPS) is 17.3. The Morgan fingerprint density at radius 3 is 2.75 bits per heavy atom. The number of fused-ring (bicyclic) bond motifs is 1. The minimum Gasteiger partial charge on any atom is -0.506 e. The number of nitrogens with zero attached hydrogens (tertiary/aromatic N) is 1. The van der Waals surface area contributed by atoms with Gasteiger partial charge in [-0.15, -0.1) is 0 Å². The van der Waals surface area contributed by atoms with Gasteiger partial charge in [0.15, 0.2) is 11.4 Å². The Balaban J connectivity index is 2.65. The van der Waals surface area contributed by atoms with Crippen molar-refractivity contribution in [3.8, 4) is 11.8 Å². The largest absolute Gasteiger partial charge is 0.506 e. The molecule has 0 bridgehead atoms. The lowest BCUT2D eigenvalue weighted by atomic mass is 9.96. The summed E-state index contributed by atoms with van der Waals surface area (Å²) in [5.41, 5.74) is 6.32. The number of ether oxygens (including phenoxy) is 1. The summed E-state index contributed by atoms with van der Waals surface area (Å²) in [6.45, 7) is 3.46. The Labute approximate surface area is 93.6 Å². The van der Waals surface area contributed by atoms with E-state index in [0.29, 0.717) is 16.9 Å². The van der Waals surface area contributed by atoms with Crippen molar-refractivity contribution in [3.05, 3.63) is 35.1 Å². The van der Waals surface area contributed by atoms with Crippen LogP contribution in [-0.4, -0.2) is 10.7 Å². The van der Waals surface area contributed by atoms with Crippen LogP contribution in [0.2, 0.25) is 0 Å². The Hall–Kier alpha value is -2.15. The summed E-state index contributed by atoms with van der Waals surface area (Å²) in [6.07, 6.45) is 0. The molecule has 1 aromatic carbocycles. The molecule has 3 N–H and O–H groups in total. The molecule has 0 spiro atoms. The van der Waals surface area contributed by atoms with Crippen molar-refractivity contribution in [2.24, 2.45) is 5.73 Å². The van der Waals surface area contributed by atoms with Crippen molar-refractivity contribution >= 4 is 5.70 Å². The summed E-state index contributed by atoms with van der Waals surface area (Å²) in [6, 6.07) is 6.97. The Bertz CT molecular complexity index is 524. The number of hydrogen-bond acceptors (Lipinski definition) is 4. The maximum Gasteiger partial charge on any atom is 0.162 e. The van der Waals surface area contributed by atoms with Gasteiger partial charge in [0.25, 0.3) is 0 Å². The van der Waals surface area contributed by atoms with Crippen LogP contribution in [0.1, 0.15) is 25.0 Å². The van der Waals surface area contributed by atoms with Crippen molar-refractivity contribution < 1.29 is 9.84 Å². The van der Waals surface area contributed by atoms with E-state index < -0.39 is 5.60 Å². The summed E-state index contributed by atoms with van der Waals surface area (Å²) >= 11 is 0. The van der Waals surface area contributed by atoms with E-state index in [-0.39, 0.29) is 11.5 Å². The molecular formula is C12H12N2O2. The summed E-state index contributed by atoms with van der Waals surface area (Å²) < 4.78 is 5.60. The second kappa shape index (κ2) is 3.17. The van der Waals surface area contributed by atoms with E-state index in [9.17, 15) is 5.11 Å². The van der Waals surface area contributed by atoms with Crippen LogP contribution < -0.4 is 10.5 Å². The molecule has 1 heterocycles. The molecule has 82 valence electrons. The van der Waals surface area contributed by atoms with Crippen molar-refractivity contribution in [1.82, 2.24) is 0 Å². The maximum atomic E-state index is 9.86. The molecule has 0 unspecified atom stereocenters. The molecule has 1 aromatic rings. The maximum absolute atomic E-state index is 9.86. The van der Waals surface area contributed by atoms with Crippen molar-refractivity contribution in [1.29, 1.82) is 5.26 Å². The molecule has 1 aliphatic heterocycles. The van der Waals surface area contributed by atoms with Crippen LogP contribution in [0.15, 0.2) is 24.0 Å². The average molecular weight is 216 g/mol. The van der Waals surface area contributed by atoms with Crippen molar-refractivity contribution in [2.75, 3.05) is 0 Å². The standard InChI is InChI=1S/C12H12N2O2/c1-12(2)11(15)10(14)8-5-7(6-13)3-4-9(8)16-12/h3-5,15H,14H2,1-2H3. The van der Waals surface area contributed by atoms with Crippen LogP contribution in [0.3, 0.4) is 0 Å². The average Bonchev–Trinajstić information content (AvgIpc) is 2.25. The molecule has 4 heteroatoms. The van der Waals surface area contributed by atoms with Gasteiger partial charge in [-0.05, 0) is 32.0 Å². The van der Waals surface area contributed by atoms with Crippen LogP contribution in [0.25, 0.3) is 5.70 Å². The van der Waals surface area contributed by atoms with Crippen LogP contribution in [-0.2, 0) is 0 Å². The Kier molecular flexibility index (Phi) is 2.06. The first-order valence-corrected chi connectivity index (χ1v) is 4.88. The lowest BCUT2D eigenvalue weighted by Gasteiger charge is -2.32. The van der Waals surface area contributed by atoms with E-state index in [0.717, 1.165) is 0 Å². The highest BCUT2D eigenvalue weighted by atomic mass is 16.5. The monoisotopic (exact) mass is 216 g/mol. The highest BCUT2D eigenvalue weighted by Gasteiger charge is 2.34. The second-order valence-corrected chi connectivity index (χ2v) is 4.20. The molecule has 0 fully saturated rings. The van der Waals surface area contributed by atoms with E-state index >= 15 is 0 Å². The number of hydrogen-bond donors (Lipinski definition) is 2. The predicted molar refractivity (Wildman–Crippen MR) is 59.6 cm³/mol. The minimum atomic E-state index is -0.828. The van der Waals surface area contributed by atoms with Gasteiger partial charge in [0.1, 0.15) is 5.75 Å². The second-order valence-electron chi connectivity index (χ2n) is 4.20. The van der Waals surface area contributed by atoms with Crippen LogP contribution >= 0.6 is 0 Å². The smallest absolute Gasteiger partial charge is 0.162 e. The Morgan fingerprint density at radius 2 is 2.12 bits per heavy atom. The van der Waals surface area contributed by atoms with Gasteiger partial charge in [0.2, 0.25) is 0 Å². The van der Waals surface area contributed by atoms with Gasteiger partial charge in [-0.2, -0.15) is 5.26 Å². The van der Waals surface area contributed by atoms with Gasteiger partial charge in [0.05, 0.1) is 17.3 Å². The molecule has 0 amide bonds. The van der Waals surface area contributed by atoms with Gasteiger partial charge in [-0.3, -0.25) is 0 Å². The first kappa shape index (κ1) is 10.4. The van der Waals surface area contributed by atoms with Crippen LogP contribution in [0.5, 0.6) is 5.75 Å². The quantitative estimate of drug-likeness (QED) is 0.694. The third kappa shape index (κ3) is 1.38. The van der Waals surface area contributed by atoms with E-state index in [2.05, 4.69) is 0 Å². The van der Waals surface area contributed by atoms with E-state index in [4.69, 9.17) is 15.7 Å². The number of nitriles is 1. The minimum absolute atomic E-state index is 0.00455. The molecule has 0 aliphatic carbocycles. The summed E-state index contributed by atoms with van der Waals surface area (Å²) in [4.78, 5) is 0. The zero-order valence-corrected chi connectivity index (χ0v) is 9.11. The van der Waals surface area contributed by atoms with Gasteiger partial charge in [-0.1, -0.05) is 0 Å². The van der Waals surface area contributed by atoms with Crippen LogP contribution in [0.4, 0.5) is 0 Å². The van der Waals surface area contributed by atoms with Gasteiger partial charge < -0.3 is 15.6 Å². The van der Waals surface area contributed by atoms with E-state index in [1.165, 1.54) is 0 Å². The zero-order chi connectivity index (χ0) is 11.9. The first-order valence-electron chi connectivity index (χ1n) is 4.88. The predicted octanol–water partition coefficient (Wildman–Crippen LogP) is 1.91. The molecule has 0 atom stereocenters. The molecule has 0 saturated carbocycles. The zero-order valence-electron chi connectivity index (χ0n) is 9.11. The highest BCUT2D eigenvalue weighted by molar-refractivity contribution is 5.73. The third-order valence-electron chi connectivity index (χ3n) is 2.59. The topological polar surface area (TPSA) is 79.3 Å². The van der Waals surface area contributed by atoms with Gasteiger partial charge in [0, 0.05) is 5.56 Å². The Morgan fingerprint density at radius 1 is 1.44 bits per heavy atom. The molecule has 2 rings (SSSR count).